The molecule has 1 aliphatic rings. The first-order valence-electron chi connectivity index (χ1n) is 6.39. The van der Waals surface area contributed by atoms with Crippen LogP contribution in [0.15, 0.2) is 30.3 Å². The maximum absolute atomic E-state index is 12.4. The summed E-state index contributed by atoms with van der Waals surface area (Å²) in [6.07, 6.45) is -0.499. The normalized spacial score (nSPS) is 19.1. The molecule has 104 valence electrons. The Balaban J connectivity index is 2.00. The van der Waals surface area contributed by atoms with Crippen LogP contribution in [0, 0.1) is 0 Å². The minimum Gasteiger partial charge on any atom is -0.376 e. The van der Waals surface area contributed by atoms with E-state index in [-0.39, 0.29) is 5.91 Å². The minimum atomic E-state index is -0.499. The van der Waals surface area contributed by atoms with Crippen LogP contribution in [0.1, 0.15) is 5.56 Å². The number of halogens is 1. The maximum atomic E-state index is 12.4. The summed E-state index contributed by atoms with van der Waals surface area (Å²) in [4.78, 5) is 14.1. The first-order chi connectivity index (χ1) is 9.31. The smallest absolute Gasteiger partial charge is 0.254 e. The lowest BCUT2D eigenvalue weighted by Crippen LogP contribution is -2.45. The topological polar surface area (TPSA) is 38.8 Å². The van der Waals surface area contributed by atoms with Crippen molar-refractivity contribution in [2.45, 2.75) is 12.6 Å². The highest BCUT2D eigenvalue weighted by molar-refractivity contribution is 6.18. The molecule has 0 radical (unpaired) electrons. The number of nitrogens with zero attached hydrogens (tertiary/aromatic N) is 1. The Kier molecular flexibility index (Phi) is 5.63. The van der Waals surface area contributed by atoms with Gasteiger partial charge in [0, 0.05) is 19.0 Å². The third kappa shape index (κ3) is 4.20. The summed E-state index contributed by atoms with van der Waals surface area (Å²) in [5, 5.41) is 0. The quantitative estimate of drug-likeness (QED) is 0.772. The van der Waals surface area contributed by atoms with E-state index in [1.807, 2.05) is 30.3 Å². The van der Waals surface area contributed by atoms with Gasteiger partial charge in [0.05, 0.1) is 19.8 Å². The van der Waals surface area contributed by atoms with Crippen LogP contribution >= 0.6 is 11.6 Å². The molecule has 4 nitrogen and oxygen atoms in total. The fourth-order valence-corrected chi connectivity index (χ4v) is 2.21. The Morgan fingerprint density at radius 2 is 2.11 bits per heavy atom. The Labute approximate surface area is 118 Å². The van der Waals surface area contributed by atoms with E-state index in [1.165, 1.54) is 0 Å². The van der Waals surface area contributed by atoms with E-state index in [4.69, 9.17) is 21.1 Å². The van der Waals surface area contributed by atoms with E-state index >= 15 is 0 Å². The van der Waals surface area contributed by atoms with Crippen molar-refractivity contribution in [3.63, 3.8) is 0 Å². The lowest BCUT2D eigenvalue weighted by molar-refractivity contribution is -0.158. The van der Waals surface area contributed by atoms with E-state index in [1.54, 1.807) is 4.90 Å². The molecule has 0 bridgehead atoms. The van der Waals surface area contributed by atoms with Crippen LogP contribution in [0.2, 0.25) is 0 Å². The van der Waals surface area contributed by atoms with Crippen molar-refractivity contribution in [2.24, 2.45) is 0 Å². The molecule has 0 saturated carbocycles. The van der Waals surface area contributed by atoms with Gasteiger partial charge < -0.3 is 14.4 Å². The Bertz CT molecular complexity index is 393. The Morgan fingerprint density at radius 3 is 2.74 bits per heavy atom. The van der Waals surface area contributed by atoms with E-state index in [0.29, 0.717) is 38.8 Å². The summed E-state index contributed by atoms with van der Waals surface area (Å²) in [5.74, 6) is 0.357. The molecule has 1 saturated heterocycles. The first kappa shape index (κ1) is 14.3. The van der Waals surface area contributed by atoms with Crippen molar-refractivity contribution in [1.82, 2.24) is 4.90 Å². The van der Waals surface area contributed by atoms with Gasteiger partial charge in [-0.1, -0.05) is 30.3 Å². The van der Waals surface area contributed by atoms with Crippen LogP contribution < -0.4 is 0 Å². The van der Waals surface area contributed by atoms with Gasteiger partial charge in [-0.15, -0.1) is 11.6 Å². The molecule has 1 aromatic rings. The van der Waals surface area contributed by atoms with Crippen molar-refractivity contribution in [2.75, 3.05) is 32.2 Å². The largest absolute Gasteiger partial charge is 0.376 e. The highest BCUT2D eigenvalue weighted by atomic mass is 35.5. The summed E-state index contributed by atoms with van der Waals surface area (Å²) in [6, 6.07) is 9.85. The zero-order valence-electron chi connectivity index (χ0n) is 10.8. The van der Waals surface area contributed by atoms with E-state index in [0.717, 1.165) is 5.56 Å². The predicted octanol–water partition coefficient (Wildman–Crippen LogP) is 1.67. The van der Waals surface area contributed by atoms with Crippen molar-refractivity contribution in [3.8, 4) is 0 Å². The summed E-state index contributed by atoms with van der Waals surface area (Å²) in [6.45, 7) is 2.40. The van der Waals surface area contributed by atoms with Crippen LogP contribution in [-0.4, -0.2) is 49.2 Å². The molecule has 0 spiro atoms. The molecule has 1 heterocycles. The molecule has 1 amide bonds. The monoisotopic (exact) mass is 283 g/mol. The van der Waals surface area contributed by atoms with Gasteiger partial charge in [-0.05, 0) is 5.56 Å². The summed E-state index contributed by atoms with van der Waals surface area (Å²) in [7, 11) is 0. The first-order valence-corrected chi connectivity index (χ1v) is 6.92. The number of alkyl halides is 1. The van der Waals surface area contributed by atoms with E-state index < -0.39 is 6.10 Å². The number of hydrogen-bond donors (Lipinski definition) is 0. The second kappa shape index (κ2) is 7.48. The number of carbonyl (C=O) groups excluding carboxylic acids is 1. The summed E-state index contributed by atoms with van der Waals surface area (Å²) < 4.78 is 10.7. The lowest BCUT2D eigenvalue weighted by Gasteiger charge is -2.29. The van der Waals surface area contributed by atoms with Crippen molar-refractivity contribution < 1.29 is 14.3 Å². The maximum Gasteiger partial charge on any atom is 0.254 e. The fraction of sp³-hybridized carbons (Fsp3) is 0.500. The van der Waals surface area contributed by atoms with Crippen molar-refractivity contribution in [1.29, 1.82) is 0 Å². The number of hydrogen-bond acceptors (Lipinski definition) is 3. The van der Waals surface area contributed by atoms with Gasteiger partial charge in [0.15, 0.2) is 6.10 Å². The van der Waals surface area contributed by atoms with E-state index in [2.05, 4.69) is 0 Å². The molecule has 2 rings (SSSR count). The van der Waals surface area contributed by atoms with Crippen molar-refractivity contribution in [3.05, 3.63) is 35.9 Å². The standard InChI is InChI=1S/C14H18ClNO3/c15-6-7-16(10-12-4-2-1-3-5-12)14(17)13-11-18-8-9-19-13/h1-5,13H,6-11H2. The van der Waals surface area contributed by atoms with Gasteiger partial charge >= 0.3 is 0 Å². The van der Waals surface area contributed by atoms with E-state index in [9.17, 15) is 4.79 Å². The minimum absolute atomic E-state index is 0.0517. The highest BCUT2D eigenvalue weighted by Gasteiger charge is 2.27. The Morgan fingerprint density at radius 1 is 1.32 bits per heavy atom. The number of amides is 1. The molecule has 1 unspecified atom stereocenters. The highest BCUT2D eigenvalue weighted by Crippen LogP contribution is 2.10. The molecule has 0 N–H and O–H groups in total. The molecule has 5 heteroatoms. The van der Waals surface area contributed by atoms with Gasteiger partial charge in [-0.2, -0.15) is 0 Å². The molecule has 19 heavy (non-hydrogen) atoms. The number of rotatable bonds is 5. The molecule has 0 aromatic heterocycles. The SMILES string of the molecule is O=C(C1COCCO1)N(CCCl)Cc1ccccc1. The van der Waals surface area contributed by atoms with Crippen LogP contribution in [0.3, 0.4) is 0 Å². The Hall–Kier alpha value is -1.10. The molecule has 1 aliphatic heterocycles. The average Bonchev–Trinajstić information content (AvgIpc) is 2.48. The van der Waals surface area contributed by atoms with Crippen LogP contribution in [0.5, 0.6) is 0 Å². The second-order valence-corrected chi connectivity index (χ2v) is 4.75. The van der Waals surface area contributed by atoms with Gasteiger partial charge in [0.25, 0.3) is 5.91 Å². The molecule has 1 fully saturated rings. The third-order valence-corrected chi connectivity index (χ3v) is 3.14. The van der Waals surface area contributed by atoms with Crippen LogP contribution in [-0.2, 0) is 20.8 Å². The van der Waals surface area contributed by atoms with Gasteiger partial charge in [-0.3, -0.25) is 4.79 Å². The number of carbonyl (C=O) groups is 1. The molecule has 1 aromatic carbocycles. The van der Waals surface area contributed by atoms with Gasteiger partial charge in [0.2, 0.25) is 0 Å². The summed E-state index contributed by atoms with van der Waals surface area (Å²) in [5.41, 5.74) is 1.08. The second-order valence-electron chi connectivity index (χ2n) is 4.37. The molecule has 1 atom stereocenters. The van der Waals surface area contributed by atoms with Crippen molar-refractivity contribution >= 4 is 17.5 Å². The van der Waals surface area contributed by atoms with Crippen LogP contribution in [0.25, 0.3) is 0 Å². The molecule has 0 aliphatic carbocycles. The zero-order valence-corrected chi connectivity index (χ0v) is 11.5. The molecular weight excluding hydrogens is 266 g/mol. The number of ether oxygens (including phenoxy) is 2. The van der Waals surface area contributed by atoms with Gasteiger partial charge in [0.1, 0.15) is 0 Å². The van der Waals surface area contributed by atoms with Crippen LogP contribution in [0.4, 0.5) is 0 Å². The number of benzene rings is 1. The molecular formula is C14H18ClNO3. The fourth-order valence-electron chi connectivity index (χ4n) is 2.01. The van der Waals surface area contributed by atoms with Gasteiger partial charge in [-0.25, -0.2) is 0 Å². The average molecular weight is 284 g/mol. The predicted molar refractivity (Wildman–Crippen MR) is 73.1 cm³/mol. The third-order valence-electron chi connectivity index (χ3n) is 2.97. The summed E-state index contributed by atoms with van der Waals surface area (Å²) >= 11 is 5.78. The zero-order chi connectivity index (χ0) is 13.5. The lowest BCUT2D eigenvalue weighted by atomic mass is 10.2.